The number of halogens is 2. The molecular formula is C23H17ClFN3O. The van der Waals surface area contributed by atoms with Crippen molar-refractivity contribution in [1.29, 1.82) is 0 Å². The average molecular weight is 406 g/mol. The lowest BCUT2D eigenvalue weighted by Gasteiger charge is -2.03. The quantitative estimate of drug-likeness (QED) is 0.431. The summed E-state index contributed by atoms with van der Waals surface area (Å²) >= 11 is 5.94. The molecule has 144 valence electrons. The third-order valence-corrected chi connectivity index (χ3v) is 4.78. The fourth-order valence-corrected chi connectivity index (χ4v) is 3.25. The van der Waals surface area contributed by atoms with Gasteiger partial charge in [-0.05, 0) is 55.5 Å². The molecule has 0 aliphatic rings. The van der Waals surface area contributed by atoms with E-state index in [1.807, 2.05) is 30.3 Å². The molecule has 1 N–H and O–H groups in total. The lowest BCUT2D eigenvalue weighted by molar-refractivity contribution is 0.627. The maximum atomic E-state index is 13.3. The van der Waals surface area contributed by atoms with Crippen molar-refractivity contribution in [3.05, 3.63) is 106 Å². The summed E-state index contributed by atoms with van der Waals surface area (Å²) in [7, 11) is 0. The van der Waals surface area contributed by atoms with Gasteiger partial charge in [0.15, 0.2) is 0 Å². The van der Waals surface area contributed by atoms with Crippen molar-refractivity contribution in [2.75, 3.05) is 0 Å². The van der Waals surface area contributed by atoms with Crippen molar-refractivity contribution in [3.8, 4) is 16.9 Å². The summed E-state index contributed by atoms with van der Waals surface area (Å²) < 4.78 is 14.7. The molecule has 0 atom stereocenters. The van der Waals surface area contributed by atoms with E-state index in [9.17, 15) is 9.18 Å². The summed E-state index contributed by atoms with van der Waals surface area (Å²) in [5.74, 6) is -0.364. The molecule has 4 rings (SSSR count). The van der Waals surface area contributed by atoms with Crippen LogP contribution in [0.5, 0.6) is 0 Å². The van der Waals surface area contributed by atoms with Crippen molar-refractivity contribution in [2.45, 2.75) is 6.92 Å². The van der Waals surface area contributed by atoms with Gasteiger partial charge in [0.1, 0.15) is 5.82 Å². The number of rotatable bonds is 4. The first kappa shape index (κ1) is 18.9. The van der Waals surface area contributed by atoms with Crippen LogP contribution in [0.2, 0.25) is 5.02 Å². The Morgan fingerprint density at radius 2 is 1.62 bits per heavy atom. The molecule has 0 fully saturated rings. The summed E-state index contributed by atoms with van der Waals surface area (Å²) in [5, 5.41) is 3.78. The highest BCUT2D eigenvalue weighted by Gasteiger charge is 2.19. The molecule has 0 amide bonds. The van der Waals surface area contributed by atoms with E-state index in [2.05, 4.69) is 10.1 Å². The zero-order chi connectivity index (χ0) is 20.4. The fourth-order valence-electron chi connectivity index (χ4n) is 3.12. The molecule has 0 aliphatic heterocycles. The summed E-state index contributed by atoms with van der Waals surface area (Å²) in [4.78, 5) is 17.9. The molecule has 1 heterocycles. The van der Waals surface area contributed by atoms with Crippen LogP contribution in [0.25, 0.3) is 16.9 Å². The third kappa shape index (κ3) is 3.91. The van der Waals surface area contributed by atoms with Crippen LogP contribution >= 0.6 is 11.6 Å². The zero-order valence-corrected chi connectivity index (χ0v) is 16.3. The van der Waals surface area contributed by atoms with Gasteiger partial charge in [0, 0.05) is 10.6 Å². The first-order valence-corrected chi connectivity index (χ1v) is 9.38. The second-order valence-corrected chi connectivity index (χ2v) is 6.95. The highest BCUT2D eigenvalue weighted by molar-refractivity contribution is 6.30. The normalized spacial score (nSPS) is 11.6. The molecule has 0 saturated heterocycles. The second kappa shape index (κ2) is 7.89. The molecule has 0 spiro atoms. The molecule has 0 aliphatic carbocycles. The Morgan fingerprint density at radius 1 is 0.966 bits per heavy atom. The molecule has 4 aromatic rings. The molecule has 0 bridgehead atoms. The van der Waals surface area contributed by atoms with E-state index in [1.165, 1.54) is 16.8 Å². The van der Waals surface area contributed by atoms with Crippen LogP contribution in [0.3, 0.4) is 0 Å². The molecule has 6 heteroatoms. The van der Waals surface area contributed by atoms with Gasteiger partial charge in [-0.25, -0.2) is 9.07 Å². The van der Waals surface area contributed by atoms with Gasteiger partial charge in [-0.1, -0.05) is 41.9 Å². The molecular weight excluding hydrogens is 389 g/mol. The standard InChI is InChI=1S/C23H17ClFN3O/c1-15(26-19-11-7-17(24)8-12-19)21-22(16-5-3-2-4-6-16)27-28(23(21)29)20-13-9-18(25)10-14-20/h2-14,27H,1H3. The Balaban J connectivity index is 1.90. The van der Waals surface area contributed by atoms with Crippen molar-refractivity contribution in [1.82, 2.24) is 9.78 Å². The molecule has 0 radical (unpaired) electrons. The second-order valence-electron chi connectivity index (χ2n) is 6.52. The number of nitrogens with zero attached hydrogens (tertiary/aromatic N) is 2. The van der Waals surface area contributed by atoms with Crippen LogP contribution in [0, 0.1) is 5.82 Å². The minimum absolute atomic E-state index is 0.259. The van der Waals surface area contributed by atoms with E-state index in [-0.39, 0.29) is 11.4 Å². The van der Waals surface area contributed by atoms with Crippen LogP contribution in [-0.4, -0.2) is 15.5 Å². The largest absolute Gasteiger partial charge is 0.290 e. The minimum atomic E-state index is -0.364. The Hall–Kier alpha value is -3.44. The molecule has 1 aromatic heterocycles. The van der Waals surface area contributed by atoms with E-state index in [4.69, 9.17) is 11.6 Å². The van der Waals surface area contributed by atoms with Crippen molar-refractivity contribution >= 4 is 23.0 Å². The maximum absolute atomic E-state index is 13.3. The number of hydrogen-bond acceptors (Lipinski definition) is 2. The molecule has 0 saturated carbocycles. The van der Waals surface area contributed by atoms with Gasteiger partial charge in [-0.2, -0.15) is 0 Å². The van der Waals surface area contributed by atoms with E-state index in [0.717, 1.165) is 5.56 Å². The molecule has 29 heavy (non-hydrogen) atoms. The Morgan fingerprint density at radius 3 is 2.28 bits per heavy atom. The van der Waals surface area contributed by atoms with E-state index < -0.39 is 0 Å². The van der Waals surface area contributed by atoms with Crippen LogP contribution in [0.1, 0.15) is 12.5 Å². The van der Waals surface area contributed by atoms with Crippen molar-refractivity contribution in [3.63, 3.8) is 0 Å². The summed E-state index contributed by atoms with van der Waals surface area (Å²) in [6.07, 6.45) is 0. The summed E-state index contributed by atoms with van der Waals surface area (Å²) in [5.41, 5.74) is 3.50. The Bertz CT molecular complexity index is 1220. The van der Waals surface area contributed by atoms with Crippen LogP contribution < -0.4 is 5.56 Å². The monoisotopic (exact) mass is 405 g/mol. The van der Waals surface area contributed by atoms with Crippen molar-refractivity contribution in [2.24, 2.45) is 4.99 Å². The van der Waals surface area contributed by atoms with Gasteiger partial charge in [-0.3, -0.25) is 14.9 Å². The minimum Gasteiger partial charge on any atom is -0.290 e. The lowest BCUT2D eigenvalue weighted by atomic mass is 10.1. The molecule has 0 unspecified atom stereocenters. The maximum Gasteiger partial charge on any atom is 0.280 e. The van der Waals surface area contributed by atoms with Gasteiger partial charge < -0.3 is 0 Å². The lowest BCUT2D eigenvalue weighted by Crippen LogP contribution is -2.19. The number of aliphatic imine (C=N–C) groups is 1. The van der Waals surface area contributed by atoms with Gasteiger partial charge in [0.2, 0.25) is 0 Å². The number of benzene rings is 3. The topological polar surface area (TPSA) is 50.1 Å². The van der Waals surface area contributed by atoms with Crippen molar-refractivity contribution < 1.29 is 4.39 Å². The Labute approximate surface area is 171 Å². The zero-order valence-electron chi connectivity index (χ0n) is 15.6. The van der Waals surface area contributed by atoms with Gasteiger partial charge >= 0.3 is 0 Å². The van der Waals surface area contributed by atoms with Crippen LogP contribution in [-0.2, 0) is 0 Å². The predicted octanol–water partition coefficient (Wildman–Crippen LogP) is 5.77. The first-order valence-electron chi connectivity index (χ1n) is 9.00. The highest BCUT2D eigenvalue weighted by atomic mass is 35.5. The SMILES string of the molecule is CC(=Nc1ccc(Cl)cc1)c1c(-c2ccccc2)[nH]n(-c2ccc(F)cc2)c1=O. The van der Waals surface area contributed by atoms with Crippen LogP contribution in [0.4, 0.5) is 10.1 Å². The van der Waals surface area contributed by atoms with E-state index in [1.54, 1.807) is 43.3 Å². The Kier molecular flexibility index (Phi) is 5.14. The predicted molar refractivity (Wildman–Crippen MR) is 115 cm³/mol. The first-order chi connectivity index (χ1) is 14.0. The smallest absolute Gasteiger partial charge is 0.280 e. The van der Waals surface area contributed by atoms with Crippen LogP contribution in [0.15, 0.2) is 88.6 Å². The van der Waals surface area contributed by atoms with E-state index >= 15 is 0 Å². The van der Waals surface area contributed by atoms with E-state index in [0.29, 0.717) is 33.4 Å². The molecule has 3 aromatic carbocycles. The van der Waals surface area contributed by atoms with Gasteiger partial charge in [-0.15, -0.1) is 0 Å². The van der Waals surface area contributed by atoms with Gasteiger partial charge in [0.05, 0.1) is 28.3 Å². The number of aromatic nitrogens is 2. The number of nitrogens with one attached hydrogen (secondary N) is 1. The van der Waals surface area contributed by atoms with Gasteiger partial charge in [0.25, 0.3) is 5.56 Å². The molecule has 4 nitrogen and oxygen atoms in total. The number of aromatic amines is 1. The number of hydrogen-bond donors (Lipinski definition) is 1. The summed E-state index contributed by atoms with van der Waals surface area (Å²) in [6, 6.07) is 22.4. The summed E-state index contributed by atoms with van der Waals surface area (Å²) in [6.45, 7) is 1.79. The third-order valence-electron chi connectivity index (χ3n) is 4.52. The highest BCUT2D eigenvalue weighted by Crippen LogP contribution is 2.23. The fraction of sp³-hybridized carbons (Fsp3) is 0.0435. The average Bonchev–Trinajstić information content (AvgIpc) is 3.08. The number of H-pyrrole nitrogens is 1.